The second kappa shape index (κ2) is 6.79. The standard InChI is InChI=1S/C15H12ClF3N2O/c1-10(21-22-9-11-3-2-6-20-8-11)13-7-12(16)4-5-14(13)15(17,18)19/h2-8H,9H2,1H3/b21-10+. The Bertz CT molecular complexity index is 672. The Morgan fingerprint density at radius 2 is 2.09 bits per heavy atom. The summed E-state index contributed by atoms with van der Waals surface area (Å²) in [4.78, 5) is 8.98. The summed E-state index contributed by atoms with van der Waals surface area (Å²) in [6, 6.07) is 6.85. The molecule has 1 heterocycles. The van der Waals surface area contributed by atoms with Gasteiger partial charge in [-0.3, -0.25) is 4.98 Å². The molecule has 0 aliphatic rings. The summed E-state index contributed by atoms with van der Waals surface area (Å²) < 4.78 is 38.9. The quantitative estimate of drug-likeness (QED) is 0.602. The third-order valence-corrected chi connectivity index (χ3v) is 3.07. The fourth-order valence-corrected chi connectivity index (χ4v) is 1.97. The van der Waals surface area contributed by atoms with Crippen molar-refractivity contribution in [3.05, 3.63) is 64.4 Å². The van der Waals surface area contributed by atoms with Crippen LogP contribution in [0.15, 0.2) is 47.9 Å². The zero-order valence-corrected chi connectivity index (χ0v) is 12.3. The van der Waals surface area contributed by atoms with Crippen LogP contribution in [-0.2, 0) is 17.6 Å². The van der Waals surface area contributed by atoms with Crippen LogP contribution in [0.25, 0.3) is 0 Å². The molecular formula is C15H12ClF3N2O. The molecule has 0 spiro atoms. The predicted molar refractivity (Wildman–Crippen MR) is 77.7 cm³/mol. The van der Waals surface area contributed by atoms with Gasteiger partial charge in [0.05, 0.1) is 11.3 Å². The lowest BCUT2D eigenvalue weighted by Gasteiger charge is -2.12. The van der Waals surface area contributed by atoms with Crippen molar-refractivity contribution >= 4 is 17.3 Å². The lowest BCUT2D eigenvalue weighted by Crippen LogP contribution is -2.12. The molecule has 0 radical (unpaired) electrons. The maximum absolute atomic E-state index is 13.0. The van der Waals surface area contributed by atoms with Crippen molar-refractivity contribution in [1.29, 1.82) is 0 Å². The fraction of sp³-hybridized carbons (Fsp3) is 0.200. The van der Waals surface area contributed by atoms with Crippen LogP contribution in [0.5, 0.6) is 0 Å². The Balaban J connectivity index is 2.19. The smallest absolute Gasteiger partial charge is 0.391 e. The Kier molecular flexibility index (Phi) is 5.03. The van der Waals surface area contributed by atoms with Gasteiger partial charge < -0.3 is 4.84 Å². The number of oxime groups is 1. The number of pyridine rings is 1. The lowest BCUT2D eigenvalue weighted by molar-refractivity contribution is -0.137. The number of hydrogen-bond acceptors (Lipinski definition) is 3. The van der Waals surface area contributed by atoms with Crippen LogP contribution in [-0.4, -0.2) is 10.7 Å². The number of nitrogens with zero attached hydrogens (tertiary/aromatic N) is 2. The van der Waals surface area contributed by atoms with E-state index < -0.39 is 11.7 Å². The number of rotatable bonds is 4. The zero-order valence-electron chi connectivity index (χ0n) is 11.6. The molecule has 0 amide bonds. The molecule has 0 saturated carbocycles. The maximum atomic E-state index is 13.0. The molecule has 1 aromatic heterocycles. The number of alkyl halides is 3. The van der Waals surface area contributed by atoms with E-state index in [1.54, 1.807) is 24.5 Å². The second-order valence-corrected chi connectivity index (χ2v) is 4.94. The van der Waals surface area contributed by atoms with Crippen LogP contribution in [0, 0.1) is 0 Å². The van der Waals surface area contributed by atoms with Crippen molar-refractivity contribution in [1.82, 2.24) is 4.98 Å². The van der Waals surface area contributed by atoms with Crippen molar-refractivity contribution in [2.45, 2.75) is 19.7 Å². The van der Waals surface area contributed by atoms with Crippen LogP contribution in [0.4, 0.5) is 13.2 Å². The Labute approximate surface area is 130 Å². The van der Waals surface area contributed by atoms with Gasteiger partial charge in [-0.15, -0.1) is 0 Å². The minimum atomic E-state index is -4.49. The van der Waals surface area contributed by atoms with Crippen LogP contribution < -0.4 is 0 Å². The van der Waals surface area contributed by atoms with Gasteiger partial charge in [0.2, 0.25) is 0 Å². The highest BCUT2D eigenvalue weighted by Crippen LogP contribution is 2.33. The molecular weight excluding hydrogens is 317 g/mol. The molecule has 22 heavy (non-hydrogen) atoms. The van der Waals surface area contributed by atoms with E-state index in [0.29, 0.717) is 0 Å². The maximum Gasteiger partial charge on any atom is 0.417 e. The predicted octanol–water partition coefficient (Wildman–Crippen LogP) is 4.69. The molecule has 2 aromatic rings. The third-order valence-electron chi connectivity index (χ3n) is 2.83. The van der Waals surface area contributed by atoms with E-state index in [2.05, 4.69) is 10.1 Å². The van der Waals surface area contributed by atoms with Gasteiger partial charge in [0.25, 0.3) is 0 Å². The summed E-state index contributed by atoms with van der Waals surface area (Å²) >= 11 is 5.77. The summed E-state index contributed by atoms with van der Waals surface area (Å²) in [6.07, 6.45) is -1.29. The monoisotopic (exact) mass is 328 g/mol. The largest absolute Gasteiger partial charge is 0.417 e. The highest BCUT2D eigenvalue weighted by molar-refractivity contribution is 6.31. The summed E-state index contributed by atoms with van der Waals surface area (Å²) in [5.41, 5.74) is -0.0470. The van der Waals surface area contributed by atoms with E-state index in [4.69, 9.17) is 16.4 Å². The molecule has 0 fully saturated rings. The van der Waals surface area contributed by atoms with Gasteiger partial charge in [0.1, 0.15) is 6.61 Å². The highest BCUT2D eigenvalue weighted by atomic mass is 35.5. The van der Waals surface area contributed by atoms with Gasteiger partial charge in [0, 0.05) is 28.5 Å². The van der Waals surface area contributed by atoms with Gasteiger partial charge in [0.15, 0.2) is 0 Å². The van der Waals surface area contributed by atoms with Gasteiger partial charge in [-0.2, -0.15) is 13.2 Å². The van der Waals surface area contributed by atoms with Crippen LogP contribution in [0.2, 0.25) is 5.02 Å². The normalized spacial score (nSPS) is 12.3. The second-order valence-electron chi connectivity index (χ2n) is 4.50. The molecule has 2 rings (SSSR count). The van der Waals surface area contributed by atoms with Crippen LogP contribution >= 0.6 is 11.6 Å². The zero-order chi connectivity index (χ0) is 16.2. The van der Waals surface area contributed by atoms with Gasteiger partial charge >= 0.3 is 6.18 Å². The Morgan fingerprint density at radius 3 is 2.73 bits per heavy atom. The lowest BCUT2D eigenvalue weighted by atomic mass is 10.0. The summed E-state index contributed by atoms with van der Waals surface area (Å²) in [7, 11) is 0. The fourth-order valence-electron chi connectivity index (χ4n) is 1.80. The minimum Gasteiger partial charge on any atom is -0.391 e. The third kappa shape index (κ3) is 4.21. The molecule has 116 valence electrons. The molecule has 0 aliphatic heterocycles. The van der Waals surface area contributed by atoms with E-state index in [1.165, 1.54) is 19.1 Å². The average molecular weight is 329 g/mol. The van der Waals surface area contributed by atoms with Crippen molar-refractivity contribution in [3.8, 4) is 0 Å². The summed E-state index contributed by atoms with van der Waals surface area (Å²) in [5.74, 6) is 0. The molecule has 1 aromatic carbocycles. The molecule has 0 saturated heterocycles. The van der Waals surface area contributed by atoms with Gasteiger partial charge in [-0.05, 0) is 31.2 Å². The van der Waals surface area contributed by atoms with Crippen molar-refractivity contribution < 1.29 is 18.0 Å². The summed E-state index contributed by atoms with van der Waals surface area (Å²) in [5, 5.41) is 3.93. The van der Waals surface area contributed by atoms with Crippen molar-refractivity contribution in [3.63, 3.8) is 0 Å². The number of halogens is 4. The summed E-state index contributed by atoms with van der Waals surface area (Å²) in [6.45, 7) is 1.55. The first-order chi connectivity index (χ1) is 10.4. The topological polar surface area (TPSA) is 34.5 Å². The van der Waals surface area contributed by atoms with Crippen molar-refractivity contribution in [2.24, 2.45) is 5.16 Å². The molecule has 0 bridgehead atoms. The van der Waals surface area contributed by atoms with E-state index in [1.807, 2.05) is 0 Å². The Morgan fingerprint density at radius 1 is 1.32 bits per heavy atom. The number of benzene rings is 1. The molecule has 3 nitrogen and oxygen atoms in total. The Hall–Kier alpha value is -2.08. The number of aromatic nitrogens is 1. The van der Waals surface area contributed by atoms with E-state index in [9.17, 15) is 13.2 Å². The average Bonchev–Trinajstić information content (AvgIpc) is 2.47. The first kappa shape index (κ1) is 16.3. The SMILES string of the molecule is C/C(=N\OCc1cccnc1)c1cc(Cl)ccc1C(F)(F)F. The first-order valence-electron chi connectivity index (χ1n) is 6.30. The van der Waals surface area contributed by atoms with E-state index >= 15 is 0 Å². The van der Waals surface area contributed by atoms with Gasteiger partial charge in [-0.25, -0.2) is 0 Å². The highest BCUT2D eigenvalue weighted by Gasteiger charge is 2.34. The van der Waals surface area contributed by atoms with Crippen molar-refractivity contribution in [2.75, 3.05) is 0 Å². The van der Waals surface area contributed by atoms with Crippen LogP contribution in [0.3, 0.4) is 0 Å². The number of hydrogen-bond donors (Lipinski definition) is 0. The molecule has 0 unspecified atom stereocenters. The first-order valence-corrected chi connectivity index (χ1v) is 6.68. The minimum absolute atomic E-state index is 0.0960. The molecule has 0 aliphatic carbocycles. The molecule has 7 heteroatoms. The van der Waals surface area contributed by atoms with Crippen LogP contribution in [0.1, 0.15) is 23.6 Å². The molecule has 0 N–H and O–H groups in total. The van der Waals surface area contributed by atoms with E-state index in [0.717, 1.165) is 11.6 Å². The molecule has 0 atom stereocenters. The van der Waals surface area contributed by atoms with Gasteiger partial charge in [-0.1, -0.05) is 22.8 Å². The van der Waals surface area contributed by atoms with E-state index in [-0.39, 0.29) is 22.9 Å².